The zero-order valence-electron chi connectivity index (χ0n) is 21.2. The molecule has 0 bridgehead atoms. The fourth-order valence-electron chi connectivity index (χ4n) is 5.83. The summed E-state index contributed by atoms with van der Waals surface area (Å²) < 4.78 is 13.9. The zero-order chi connectivity index (χ0) is 26.2. The maximum absolute atomic E-state index is 12.0. The third-order valence-electron chi connectivity index (χ3n) is 7.73. The Balaban J connectivity index is 1.20. The van der Waals surface area contributed by atoms with Crippen molar-refractivity contribution >= 4 is 28.2 Å². The van der Waals surface area contributed by atoms with Crippen LogP contribution in [0.3, 0.4) is 0 Å². The summed E-state index contributed by atoms with van der Waals surface area (Å²) >= 11 is -0.867. The number of rotatable bonds is 5. The Kier molecular flexibility index (Phi) is 6.73. The molecule has 3 heterocycles. The number of likely N-dealkylation sites (tertiary alicyclic amines) is 1. The smallest absolute Gasteiger partial charge is 0.336 e. The lowest BCUT2D eigenvalue weighted by atomic mass is 9.93. The number of aromatic carboxylic acids is 1. The molecule has 2 aliphatic heterocycles. The number of nitrogens with one attached hydrogen (secondary N) is 1. The van der Waals surface area contributed by atoms with Crippen molar-refractivity contribution in [2.24, 2.45) is 11.8 Å². The molecule has 192 valence electrons. The number of hydrogen-bond donors (Lipinski definition) is 2. The predicted octanol–water partition coefficient (Wildman–Crippen LogP) is 4.59. The summed E-state index contributed by atoms with van der Waals surface area (Å²) in [7, 11) is 0. The Bertz CT molecular complexity index is 1540. The first-order valence-electron chi connectivity index (χ1n) is 12.8. The number of aromatic amines is 1. The van der Waals surface area contributed by atoms with Crippen LogP contribution in [0.25, 0.3) is 22.0 Å². The van der Waals surface area contributed by atoms with Crippen molar-refractivity contribution in [2.75, 3.05) is 32.4 Å². The molecule has 3 aromatic carbocycles. The molecule has 4 aromatic rings. The SMILES string of the molecule is C[S+]([O-])N1CC2CN(Cc3ccc(C#Cc4cccc(C(=O)O)c4-c4ccc5cc[nH]c5c4)cc3)CC2C1. The molecule has 2 fully saturated rings. The Morgan fingerprint density at radius 3 is 2.50 bits per heavy atom. The average Bonchev–Trinajstić information content (AvgIpc) is 3.62. The summed E-state index contributed by atoms with van der Waals surface area (Å²) in [6, 6.07) is 21.5. The molecule has 3 unspecified atom stereocenters. The monoisotopic (exact) mass is 523 g/mol. The third kappa shape index (κ3) is 4.96. The summed E-state index contributed by atoms with van der Waals surface area (Å²) in [6.45, 7) is 4.88. The molecule has 0 saturated carbocycles. The van der Waals surface area contributed by atoms with E-state index in [0.717, 1.165) is 54.8 Å². The van der Waals surface area contributed by atoms with Crippen molar-refractivity contribution in [3.8, 4) is 23.0 Å². The molecule has 1 aromatic heterocycles. The highest BCUT2D eigenvalue weighted by Gasteiger charge is 2.43. The number of fused-ring (bicyclic) bond motifs is 2. The van der Waals surface area contributed by atoms with E-state index in [0.29, 0.717) is 23.0 Å². The second kappa shape index (κ2) is 10.3. The van der Waals surface area contributed by atoms with Crippen molar-refractivity contribution in [3.05, 3.63) is 95.2 Å². The van der Waals surface area contributed by atoms with Crippen LogP contribution in [-0.4, -0.2) is 62.3 Å². The van der Waals surface area contributed by atoms with Crippen molar-refractivity contribution in [1.82, 2.24) is 14.2 Å². The van der Waals surface area contributed by atoms with E-state index >= 15 is 0 Å². The molecule has 38 heavy (non-hydrogen) atoms. The van der Waals surface area contributed by atoms with Gasteiger partial charge in [0.05, 0.1) is 5.56 Å². The number of carboxylic acid groups (broad SMARTS) is 1. The molecule has 2 aliphatic rings. The minimum atomic E-state index is -0.971. The number of aromatic nitrogens is 1. The van der Waals surface area contributed by atoms with E-state index in [1.54, 1.807) is 18.4 Å². The molecule has 0 aliphatic carbocycles. The van der Waals surface area contributed by atoms with Gasteiger partial charge in [0, 0.05) is 72.5 Å². The molecule has 2 saturated heterocycles. The normalized spacial score (nSPS) is 20.3. The summed E-state index contributed by atoms with van der Waals surface area (Å²) in [4.78, 5) is 17.7. The van der Waals surface area contributed by atoms with E-state index in [-0.39, 0.29) is 5.56 Å². The van der Waals surface area contributed by atoms with Crippen LogP contribution in [0.1, 0.15) is 27.0 Å². The van der Waals surface area contributed by atoms with E-state index in [1.807, 2.05) is 48.7 Å². The first-order chi connectivity index (χ1) is 18.4. The average molecular weight is 524 g/mol. The van der Waals surface area contributed by atoms with Crippen LogP contribution < -0.4 is 0 Å². The first-order valence-corrected chi connectivity index (χ1v) is 14.3. The van der Waals surface area contributed by atoms with Crippen molar-refractivity contribution < 1.29 is 14.5 Å². The van der Waals surface area contributed by atoms with E-state index in [4.69, 9.17) is 0 Å². The largest absolute Gasteiger partial charge is 0.598 e. The number of hydrogen-bond acceptors (Lipinski definition) is 4. The van der Waals surface area contributed by atoms with Crippen molar-refractivity contribution in [1.29, 1.82) is 0 Å². The molecule has 0 spiro atoms. The highest BCUT2D eigenvalue weighted by molar-refractivity contribution is 7.88. The van der Waals surface area contributed by atoms with Crippen molar-refractivity contribution in [2.45, 2.75) is 6.54 Å². The lowest BCUT2D eigenvalue weighted by molar-refractivity contribution is 0.0697. The summed E-state index contributed by atoms with van der Waals surface area (Å²) in [5.74, 6) is 6.72. The first kappa shape index (κ1) is 24.8. The van der Waals surface area contributed by atoms with Crippen LogP contribution in [0.5, 0.6) is 0 Å². The zero-order valence-corrected chi connectivity index (χ0v) is 22.0. The molecule has 6 rings (SSSR count). The van der Waals surface area contributed by atoms with E-state index in [9.17, 15) is 14.5 Å². The van der Waals surface area contributed by atoms with E-state index < -0.39 is 17.3 Å². The van der Waals surface area contributed by atoms with Gasteiger partial charge < -0.3 is 14.6 Å². The van der Waals surface area contributed by atoms with Crippen LogP contribution >= 0.6 is 0 Å². The topological polar surface area (TPSA) is 82.6 Å². The molecule has 3 atom stereocenters. The summed E-state index contributed by atoms with van der Waals surface area (Å²) in [5, 5.41) is 10.9. The van der Waals surface area contributed by atoms with Gasteiger partial charge in [-0.3, -0.25) is 4.90 Å². The van der Waals surface area contributed by atoms with Gasteiger partial charge >= 0.3 is 5.97 Å². The standard InChI is InChI=1S/C31H29N3O3S/c1-38(37)34-19-26-17-33(18-27(26)20-34)16-22-7-5-21(6-8-22)9-10-24-3-2-4-28(31(35)36)30(24)25-12-11-23-13-14-32-29(23)15-25/h2-8,11-15,26-27,32H,16-20H2,1H3,(H,35,36). The molecule has 7 heteroatoms. The van der Waals surface area contributed by atoms with Gasteiger partial charge in [-0.05, 0) is 64.7 Å². The second-order valence-corrected chi connectivity index (χ2v) is 11.6. The fourth-order valence-corrected chi connectivity index (χ4v) is 6.63. The van der Waals surface area contributed by atoms with Gasteiger partial charge in [-0.15, -0.1) is 4.31 Å². The second-order valence-electron chi connectivity index (χ2n) is 10.2. The molecule has 6 nitrogen and oxygen atoms in total. The lowest BCUT2D eigenvalue weighted by Crippen LogP contribution is -2.32. The summed E-state index contributed by atoms with van der Waals surface area (Å²) in [5.41, 5.74) is 5.47. The Morgan fingerprint density at radius 1 is 1.03 bits per heavy atom. The Morgan fingerprint density at radius 2 is 1.79 bits per heavy atom. The van der Waals surface area contributed by atoms with Gasteiger partial charge in [0.15, 0.2) is 0 Å². The predicted molar refractivity (Wildman–Crippen MR) is 151 cm³/mol. The third-order valence-corrected chi connectivity index (χ3v) is 8.76. The van der Waals surface area contributed by atoms with Crippen LogP contribution in [-0.2, 0) is 17.9 Å². The molecular formula is C31H29N3O3S. The van der Waals surface area contributed by atoms with Gasteiger partial charge in [0.2, 0.25) is 0 Å². The minimum Gasteiger partial charge on any atom is -0.598 e. The number of nitrogens with zero attached hydrogens (tertiary/aromatic N) is 2. The van der Waals surface area contributed by atoms with Crippen LogP contribution in [0, 0.1) is 23.7 Å². The number of carboxylic acids is 1. The van der Waals surface area contributed by atoms with Gasteiger partial charge in [-0.2, -0.15) is 0 Å². The lowest BCUT2D eigenvalue weighted by Gasteiger charge is -2.21. The molecule has 0 radical (unpaired) electrons. The molecular weight excluding hydrogens is 494 g/mol. The van der Waals surface area contributed by atoms with Gasteiger partial charge in [-0.1, -0.05) is 42.2 Å². The van der Waals surface area contributed by atoms with Gasteiger partial charge in [0.1, 0.15) is 6.26 Å². The fraction of sp³-hybridized carbons (Fsp3) is 0.258. The van der Waals surface area contributed by atoms with Crippen LogP contribution in [0.2, 0.25) is 0 Å². The molecule has 0 amide bonds. The van der Waals surface area contributed by atoms with E-state index in [2.05, 4.69) is 38.2 Å². The molecule has 2 N–H and O–H groups in total. The summed E-state index contributed by atoms with van der Waals surface area (Å²) in [6.07, 6.45) is 3.65. The maximum atomic E-state index is 12.0. The highest BCUT2D eigenvalue weighted by atomic mass is 32.2. The number of benzene rings is 3. The highest BCUT2D eigenvalue weighted by Crippen LogP contribution is 2.33. The van der Waals surface area contributed by atoms with Gasteiger partial charge in [-0.25, -0.2) is 4.79 Å². The van der Waals surface area contributed by atoms with Gasteiger partial charge in [0.25, 0.3) is 0 Å². The Labute approximate surface area is 225 Å². The quantitative estimate of drug-likeness (QED) is 0.295. The van der Waals surface area contributed by atoms with E-state index in [1.165, 1.54) is 5.56 Å². The minimum absolute atomic E-state index is 0.238. The van der Waals surface area contributed by atoms with Crippen LogP contribution in [0.15, 0.2) is 72.9 Å². The van der Waals surface area contributed by atoms with Crippen molar-refractivity contribution in [3.63, 3.8) is 0 Å². The maximum Gasteiger partial charge on any atom is 0.336 e. The van der Waals surface area contributed by atoms with Crippen LogP contribution in [0.4, 0.5) is 0 Å². The number of carbonyl (C=O) groups is 1. The number of H-pyrrole nitrogens is 1. The Hall–Kier alpha value is -3.54.